The summed E-state index contributed by atoms with van der Waals surface area (Å²) in [6.07, 6.45) is 13.5. The summed E-state index contributed by atoms with van der Waals surface area (Å²) >= 11 is 0. The van der Waals surface area contributed by atoms with Crippen molar-refractivity contribution in [3.05, 3.63) is 12.4 Å². The van der Waals surface area contributed by atoms with E-state index in [9.17, 15) is 0 Å². The van der Waals surface area contributed by atoms with Gasteiger partial charge in [-0.25, -0.2) is 4.98 Å². The predicted octanol–water partition coefficient (Wildman–Crippen LogP) is 3.68. The number of hydrogen-bond acceptors (Lipinski definition) is 2. The number of aryl methyl sites for hydroxylation is 1. The van der Waals surface area contributed by atoms with Crippen LogP contribution in [0, 0.1) is 5.92 Å². The van der Waals surface area contributed by atoms with Crippen LogP contribution in [0.4, 0.5) is 5.95 Å². The third kappa shape index (κ3) is 3.76. The Morgan fingerprint density at radius 1 is 1.35 bits per heavy atom. The van der Waals surface area contributed by atoms with Crippen molar-refractivity contribution in [2.45, 2.75) is 58.4 Å². The fraction of sp³-hybridized carbons (Fsp3) is 0.786. The van der Waals surface area contributed by atoms with Crippen LogP contribution in [0.15, 0.2) is 12.4 Å². The van der Waals surface area contributed by atoms with Gasteiger partial charge in [-0.2, -0.15) is 0 Å². The fourth-order valence-electron chi connectivity index (χ4n) is 2.61. The molecule has 1 heterocycles. The first-order valence-corrected chi connectivity index (χ1v) is 7.15. The third-order valence-electron chi connectivity index (χ3n) is 3.74. The Hall–Kier alpha value is -0.990. The molecule has 0 unspecified atom stereocenters. The highest BCUT2D eigenvalue weighted by Gasteiger charge is 2.13. The lowest BCUT2D eigenvalue weighted by Crippen LogP contribution is -2.19. The van der Waals surface area contributed by atoms with Gasteiger partial charge in [-0.1, -0.05) is 32.6 Å². The molecule has 0 aromatic carbocycles. The molecular weight excluding hydrogens is 210 g/mol. The average molecular weight is 235 g/mol. The van der Waals surface area contributed by atoms with E-state index in [0.717, 1.165) is 25.0 Å². The third-order valence-corrected chi connectivity index (χ3v) is 3.74. The topological polar surface area (TPSA) is 29.9 Å². The minimum Gasteiger partial charge on any atom is -0.355 e. The summed E-state index contributed by atoms with van der Waals surface area (Å²) in [6.45, 7) is 4.42. The summed E-state index contributed by atoms with van der Waals surface area (Å²) < 4.78 is 2.24. The van der Waals surface area contributed by atoms with Crippen LogP contribution in [-0.2, 0) is 6.54 Å². The highest BCUT2D eigenvalue weighted by Crippen LogP contribution is 2.23. The molecule has 1 N–H and O–H groups in total. The summed E-state index contributed by atoms with van der Waals surface area (Å²) in [5.74, 6) is 1.92. The van der Waals surface area contributed by atoms with Crippen LogP contribution in [-0.4, -0.2) is 16.1 Å². The lowest BCUT2D eigenvalue weighted by atomic mass is 9.89. The molecule has 0 saturated heterocycles. The molecule has 0 bridgehead atoms. The fourth-order valence-corrected chi connectivity index (χ4v) is 2.61. The van der Waals surface area contributed by atoms with Gasteiger partial charge in [0.25, 0.3) is 0 Å². The van der Waals surface area contributed by atoms with Gasteiger partial charge in [-0.3, -0.25) is 0 Å². The molecule has 2 rings (SSSR count). The molecule has 1 aliphatic rings. The maximum atomic E-state index is 4.41. The molecule has 3 heteroatoms. The van der Waals surface area contributed by atoms with Crippen molar-refractivity contribution in [2.75, 3.05) is 11.9 Å². The quantitative estimate of drug-likeness (QED) is 0.815. The van der Waals surface area contributed by atoms with Gasteiger partial charge in [-0.05, 0) is 25.2 Å². The monoisotopic (exact) mass is 235 g/mol. The van der Waals surface area contributed by atoms with Crippen molar-refractivity contribution in [1.82, 2.24) is 9.55 Å². The number of imidazole rings is 1. The van der Waals surface area contributed by atoms with Gasteiger partial charge >= 0.3 is 0 Å². The normalized spacial score (nSPS) is 17.2. The van der Waals surface area contributed by atoms with E-state index in [2.05, 4.69) is 28.0 Å². The van der Waals surface area contributed by atoms with E-state index in [1.54, 1.807) is 0 Å². The van der Waals surface area contributed by atoms with Gasteiger partial charge in [0, 0.05) is 25.5 Å². The van der Waals surface area contributed by atoms with E-state index in [4.69, 9.17) is 0 Å². The molecule has 1 fully saturated rings. The summed E-state index contributed by atoms with van der Waals surface area (Å²) in [6, 6.07) is 0. The highest BCUT2D eigenvalue weighted by atomic mass is 15.2. The molecule has 0 radical (unpaired) electrons. The number of unbranched alkanes of at least 4 members (excludes halogenated alkanes) is 1. The number of hydrogen-bond donors (Lipinski definition) is 1. The van der Waals surface area contributed by atoms with Gasteiger partial charge in [-0.15, -0.1) is 0 Å². The summed E-state index contributed by atoms with van der Waals surface area (Å²) in [5.41, 5.74) is 0. The van der Waals surface area contributed by atoms with Crippen LogP contribution in [0.2, 0.25) is 0 Å². The van der Waals surface area contributed by atoms with Crippen molar-refractivity contribution >= 4 is 5.95 Å². The second-order valence-corrected chi connectivity index (χ2v) is 5.18. The maximum Gasteiger partial charge on any atom is 0.202 e. The lowest BCUT2D eigenvalue weighted by molar-refractivity contribution is 0.372. The van der Waals surface area contributed by atoms with Crippen molar-refractivity contribution in [3.8, 4) is 0 Å². The largest absolute Gasteiger partial charge is 0.355 e. The molecule has 17 heavy (non-hydrogen) atoms. The molecular formula is C14H25N3. The molecule has 0 aliphatic heterocycles. The Morgan fingerprint density at radius 3 is 2.94 bits per heavy atom. The molecule has 1 saturated carbocycles. The van der Waals surface area contributed by atoms with Crippen molar-refractivity contribution in [3.63, 3.8) is 0 Å². The van der Waals surface area contributed by atoms with Crippen molar-refractivity contribution < 1.29 is 0 Å². The zero-order valence-corrected chi connectivity index (χ0v) is 11.0. The van der Waals surface area contributed by atoms with E-state index in [-0.39, 0.29) is 0 Å². The molecule has 0 atom stereocenters. The molecule has 0 amide bonds. The number of rotatable bonds is 6. The zero-order valence-electron chi connectivity index (χ0n) is 11.0. The Balaban J connectivity index is 1.79. The van der Waals surface area contributed by atoms with E-state index in [0.29, 0.717) is 0 Å². The van der Waals surface area contributed by atoms with Gasteiger partial charge in [0.1, 0.15) is 0 Å². The molecule has 3 nitrogen and oxygen atoms in total. The first-order valence-electron chi connectivity index (χ1n) is 7.15. The first-order chi connectivity index (χ1) is 8.40. The molecule has 1 aromatic heterocycles. The Kier molecular flexibility index (Phi) is 4.89. The maximum absolute atomic E-state index is 4.41. The molecule has 96 valence electrons. The van der Waals surface area contributed by atoms with Crippen molar-refractivity contribution in [2.24, 2.45) is 5.92 Å². The standard InChI is InChI=1S/C14H25N3/c1-2-3-10-17-11-9-15-14(17)16-12-13-7-5-4-6-8-13/h9,11,13H,2-8,10,12H2,1H3,(H,15,16). The first kappa shape index (κ1) is 12.5. The van der Waals surface area contributed by atoms with Crippen LogP contribution in [0.25, 0.3) is 0 Å². The second kappa shape index (κ2) is 6.67. The minimum atomic E-state index is 0.861. The van der Waals surface area contributed by atoms with Gasteiger partial charge in [0.2, 0.25) is 5.95 Å². The van der Waals surface area contributed by atoms with Crippen molar-refractivity contribution in [1.29, 1.82) is 0 Å². The molecule has 0 spiro atoms. The van der Waals surface area contributed by atoms with Gasteiger partial charge < -0.3 is 9.88 Å². The Morgan fingerprint density at radius 2 is 2.18 bits per heavy atom. The molecule has 1 aromatic rings. The average Bonchev–Trinajstić information content (AvgIpc) is 2.82. The van der Waals surface area contributed by atoms with Gasteiger partial charge in [0.15, 0.2) is 0 Å². The number of aromatic nitrogens is 2. The smallest absolute Gasteiger partial charge is 0.202 e. The number of anilines is 1. The Bertz CT molecular complexity index is 313. The van der Waals surface area contributed by atoms with Gasteiger partial charge in [0.05, 0.1) is 0 Å². The molecule has 1 aliphatic carbocycles. The highest BCUT2D eigenvalue weighted by molar-refractivity contribution is 5.25. The van der Waals surface area contributed by atoms with Crippen LogP contribution in [0.1, 0.15) is 51.9 Å². The van der Waals surface area contributed by atoms with Crippen LogP contribution in [0.5, 0.6) is 0 Å². The van der Waals surface area contributed by atoms with E-state index < -0.39 is 0 Å². The van der Waals surface area contributed by atoms with Crippen LogP contribution >= 0.6 is 0 Å². The zero-order chi connectivity index (χ0) is 11.9. The lowest BCUT2D eigenvalue weighted by Gasteiger charge is -2.22. The summed E-state index contributed by atoms with van der Waals surface area (Å²) in [7, 11) is 0. The van der Waals surface area contributed by atoms with Crippen LogP contribution < -0.4 is 5.32 Å². The summed E-state index contributed by atoms with van der Waals surface area (Å²) in [4.78, 5) is 4.41. The second-order valence-electron chi connectivity index (χ2n) is 5.18. The minimum absolute atomic E-state index is 0.861. The van der Waals surface area contributed by atoms with E-state index in [1.807, 2.05) is 6.20 Å². The van der Waals surface area contributed by atoms with Crippen LogP contribution in [0.3, 0.4) is 0 Å². The SMILES string of the molecule is CCCCn1ccnc1NCC1CCCCC1. The predicted molar refractivity (Wildman–Crippen MR) is 72.2 cm³/mol. The number of nitrogens with zero attached hydrogens (tertiary/aromatic N) is 2. The number of nitrogens with one attached hydrogen (secondary N) is 1. The Labute approximate surface area is 105 Å². The summed E-state index contributed by atoms with van der Waals surface area (Å²) in [5, 5.41) is 3.52. The van der Waals surface area contributed by atoms with E-state index in [1.165, 1.54) is 44.9 Å². The van der Waals surface area contributed by atoms with E-state index >= 15 is 0 Å².